The molecule has 1 amide bonds. The molecule has 0 aliphatic rings. The monoisotopic (exact) mass is 414 g/mol. The second kappa shape index (κ2) is 9.47. The molecule has 0 saturated carbocycles. The van der Waals surface area contributed by atoms with E-state index < -0.39 is 22.5 Å². The number of carbonyl (C=O) groups is 1. The van der Waals surface area contributed by atoms with Crippen LogP contribution in [0.4, 0.5) is 8.78 Å². The Morgan fingerprint density at radius 1 is 1.07 bits per heavy atom. The van der Waals surface area contributed by atoms with Crippen molar-refractivity contribution >= 4 is 15.9 Å². The van der Waals surface area contributed by atoms with E-state index in [0.717, 1.165) is 5.56 Å². The summed E-state index contributed by atoms with van der Waals surface area (Å²) in [6.07, 6.45) is 0. The van der Waals surface area contributed by atoms with E-state index in [4.69, 9.17) is 4.74 Å². The first-order valence-electron chi connectivity index (χ1n) is 8.14. The van der Waals surface area contributed by atoms with Crippen LogP contribution in [-0.4, -0.2) is 35.1 Å². The van der Waals surface area contributed by atoms with Crippen molar-refractivity contribution in [1.29, 1.82) is 0 Å². The molecule has 0 atom stereocenters. The van der Waals surface area contributed by atoms with Gasteiger partial charge in [-0.2, -0.15) is 8.78 Å². The van der Waals surface area contributed by atoms with Gasteiger partial charge in [0.1, 0.15) is 0 Å². The highest BCUT2D eigenvalue weighted by Crippen LogP contribution is 2.29. The largest absolute Gasteiger partial charge is 0.493 e. The predicted octanol–water partition coefficient (Wildman–Crippen LogP) is 2.28. The highest BCUT2D eigenvalue weighted by atomic mass is 32.2. The van der Waals surface area contributed by atoms with E-state index in [9.17, 15) is 22.0 Å². The van der Waals surface area contributed by atoms with Crippen LogP contribution >= 0.6 is 0 Å². The zero-order valence-electron chi connectivity index (χ0n) is 15.2. The van der Waals surface area contributed by atoms with Crippen molar-refractivity contribution in [1.82, 2.24) is 10.0 Å². The Kier molecular flexibility index (Phi) is 7.30. The number of rotatable bonds is 9. The van der Waals surface area contributed by atoms with Gasteiger partial charge in [-0.1, -0.05) is 24.3 Å². The first-order chi connectivity index (χ1) is 13.2. The molecule has 0 aliphatic carbocycles. The number of methoxy groups -OCH3 is 1. The number of nitrogens with one attached hydrogen (secondary N) is 2. The number of carbonyl (C=O) groups excluding carboxylic acids is 1. The van der Waals surface area contributed by atoms with Gasteiger partial charge >= 0.3 is 6.61 Å². The lowest BCUT2D eigenvalue weighted by Crippen LogP contribution is -2.23. The molecule has 0 fully saturated rings. The van der Waals surface area contributed by atoms with E-state index in [1.165, 1.54) is 32.4 Å². The van der Waals surface area contributed by atoms with Crippen molar-refractivity contribution < 1.29 is 31.5 Å². The molecule has 0 aromatic heterocycles. The molecule has 152 valence electrons. The molecular weight excluding hydrogens is 394 g/mol. The molecule has 28 heavy (non-hydrogen) atoms. The van der Waals surface area contributed by atoms with E-state index in [-0.39, 0.29) is 29.4 Å². The number of hydrogen-bond acceptors (Lipinski definition) is 5. The average molecular weight is 414 g/mol. The molecule has 2 aromatic carbocycles. The Morgan fingerprint density at radius 3 is 2.29 bits per heavy atom. The van der Waals surface area contributed by atoms with E-state index in [1.807, 2.05) is 0 Å². The molecule has 0 saturated heterocycles. The maximum absolute atomic E-state index is 12.4. The molecule has 10 heteroatoms. The van der Waals surface area contributed by atoms with Gasteiger partial charge in [0.25, 0.3) is 5.91 Å². The van der Waals surface area contributed by atoms with Crippen LogP contribution in [-0.2, 0) is 22.3 Å². The maximum atomic E-state index is 12.4. The van der Waals surface area contributed by atoms with Gasteiger partial charge in [-0.15, -0.1) is 0 Å². The van der Waals surface area contributed by atoms with Crippen molar-refractivity contribution in [3.05, 3.63) is 59.2 Å². The van der Waals surface area contributed by atoms with Gasteiger partial charge in [0.2, 0.25) is 10.0 Å². The summed E-state index contributed by atoms with van der Waals surface area (Å²) in [6.45, 7) is -2.80. The van der Waals surface area contributed by atoms with Crippen LogP contribution in [0.3, 0.4) is 0 Å². The summed E-state index contributed by atoms with van der Waals surface area (Å²) in [5.41, 5.74) is 1.60. The van der Waals surface area contributed by atoms with E-state index in [0.29, 0.717) is 5.56 Å². The normalized spacial score (nSPS) is 11.3. The number of hydrogen-bond donors (Lipinski definition) is 2. The second-order valence-corrected chi connectivity index (χ2v) is 7.63. The summed E-state index contributed by atoms with van der Waals surface area (Å²) in [5.74, 6) is -0.712. The van der Waals surface area contributed by atoms with E-state index in [2.05, 4.69) is 14.8 Å². The van der Waals surface area contributed by atoms with Crippen LogP contribution in [0.25, 0.3) is 0 Å². The van der Waals surface area contributed by atoms with Crippen LogP contribution in [0.1, 0.15) is 21.5 Å². The topological polar surface area (TPSA) is 93.7 Å². The third kappa shape index (κ3) is 6.17. The molecule has 0 radical (unpaired) electrons. The van der Waals surface area contributed by atoms with E-state index >= 15 is 0 Å². The minimum Gasteiger partial charge on any atom is -0.493 e. The summed E-state index contributed by atoms with van der Waals surface area (Å²) < 4.78 is 59.3. The quantitative estimate of drug-likeness (QED) is 0.657. The Morgan fingerprint density at radius 2 is 1.71 bits per heavy atom. The molecule has 0 aliphatic heterocycles. The highest BCUT2D eigenvalue weighted by Gasteiger charge is 2.14. The summed E-state index contributed by atoms with van der Waals surface area (Å²) in [4.78, 5) is 12.3. The van der Waals surface area contributed by atoms with Crippen LogP contribution in [0.5, 0.6) is 11.5 Å². The minimum absolute atomic E-state index is 0.0167. The lowest BCUT2D eigenvalue weighted by atomic mass is 10.1. The fourth-order valence-corrected chi connectivity index (χ4v) is 3.11. The van der Waals surface area contributed by atoms with Crippen LogP contribution < -0.4 is 19.5 Å². The molecule has 0 spiro atoms. The molecule has 0 unspecified atom stereocenters. The molecule has 2 aromatic rings. The van der Waals surface area contributed by atoms with Gasteiger partial charge in [0.15, 0.2) is 11.5 Å². The Labute approximate surface area is 161 Å². The summed E-state index contributed by atoms with van der Waals surface area (Å²) in [7, 11) is -0.723. The van der Waals surface area contributed by atoms with Crippen molar-refractivity contribution in [3.63, 3.8) is 0 Å². The Hall–Kier alpha value is -2.72. The van der Waals surface area contributed by atoms with Crippen molar-refractivity contribution in [3.8, 4) is 11.5 Å². The number of amides is 1. The maximum Gasteiger partial charge on any atom is 0.387 e. The van der Waals surface area contributed by atoms with Crippen LogP contribution in [0.2, 0.25) is 0 Å². The Balaban J connectivity index is 2.00. The number of alkyl halides is 2. The first kappa shape index (κ1) is 21.6. The van der Waals surface area contributed by atoms with Crippen molar-refractivity contribution in [2.45, 2.75) is 18.9 Å². The highest BCUT2D eigenvalue weighted by molar-refractivity contribution is 7.88. The number of sulfonamides is 1. The van der Waals surface area contributed by atoms with Crippen LogP contribution in [0, 0.1) is 0 Å². The standard InChI is InChI=1S/C18H20F2N2O5S/c1-21-28(24,25)11-13-5-3-12(4-6-13)10-22-17(23)14-7-8-15(27-18(19)20)16(9-14)26-2/h3-9,18,21H,10-11H2,1-2H3,(H,22,23). The van der Waals surface area contributed by atoms with Crippen molar-refractivity contribution in [2.75, 3.05) is 14.2 Å². The number of benzene rings is 2. The fourth-order valence-electron chi connectivity index (χ4n) is 2.33. The zero-order valence-corrected chi connectivity index (χ0v) is 16.1. The summed E-state index contributed by atoms with van der Waals surface area (Å²) >= 11 is 0. The SMILES string of the molecule is CNS(=O)(=O)Cc1ccc(CNC(=O)c2ccc(OC(F)F)c(OC)c2)cc1. The average Bonchev–Trinajstić information content (AvgIpc) is 2.66. The molecule has 7 nitrogen and oxygen atoms in total. The van der Waals surface area contributed by atoms with Gasteiger partial charge in [-0.25, -0.2) is 13.1 Å². The molecular formula is C18H20F2N2O5S. The second-order valence-electron chi connectivity index (χ2n) is 5.71. The van der Waals surface area contributed by atoms with Gasteiger partial charge in [-0.05, 0) is 36.4 Å². The smallest absolute Gasteiger partial charge is 0.387 e. The van der Waals surface area contributed by atoms with Gasteiger partial charge in [0, 0.05) is 12.1 Å². The fraction of sp³-hybridized carbons (Fsp3) is 0.278. The van der Waals surface area contributed by atoms with Crippen LogP contribution in [0.15, 0.2) is 42.5 Å². The van der Waals surface area contributed by atoms with Gasteiger partial charge in [-0.3, -0.25) is 4.79 Å². The lowest BCUT2D eigenvalue weighted by molar-refractivity contribution is -0.0512. The van der Waals surface area contributed by atoms with Gasteiger partial charge in [0.05, 0.1) is 12.9 Å². The number of ether oxygens (including phenoxy) is 2. The van der Waals surface area contributed by atoms with Crippen molar-refractivity contribution in [2.24, 2.45) is 0 Å². The molecule has 2 N–H and O–H groups in total. The zero-order chi connectivity index (χ0) is 20.7. The Bertz CT molecular complexity index is 918. The van der Waals surface area contributed by atoms with Gasteiger partial charge < -0.3 is 14.8 Å². The minimum atomic E-state index is -3.35. The first-order valence-corrected chi connectivity index (χ1v) is 9.79. The molecule has 0 bridgehead atoms. The number of halogens is 2. The van der Waals surface area contributed by atoms with E-state index in [1.54, 1.807) is 24.3 Å². The third-order valence-corrected chi connectivity index (χ3v) is 5.12. The predicted molar refractivity (Wildman–Crippen MR) is 98.9 cm³/mol. The summed E-state index contributed by atoms with van der Waals surface area (Å²) in [6, 6.07) is 10.6. The third-order valence-electron chi connectivity index (χ3n) is 3.79. The molecule has 2 rings (SSSR count). The lowest BCUT2D eigenvalue weighted by Gasteiger charge is -2.12. The summed E-state index contributed by atoms with van der Waals surface area (Å²) in [5, 5.41) is 2.69. The molecule has 0 heterocycles.